The molecule has 4 heteroatoms. The standard InChI is InChI=1S/C22H27ClN2O/c1-22(2,3)17-8-6-16(7-9-17)18(12-15-25-13-4-5-14-25)20-11-10-19(23)21(26)24-20/h6-12H,4-5,13-15H2,1-3H3,(H,24,26)/b18-12+. The number of halogens is 1. The van der Waals surface area contributed by atoms with E-state index in [9.17, 15) is 4.79 Å². The first-order valence-corrected chi connectivity index (χ1v) is 9.65. The summed E-state index contributed by atoms with van der Waals surface area (Å²) in [7, 11) is 0. The quantitative estimate of drug-likeness (QED) is 0.834. The van der Waals surface area contributed by atoms with E-state index in [1.807, 2.05) is 6.07 Å². The molecule has 0 bridgehead atoms. The van der Waals surface area contributed by atoms with Crippen molar-refractivity contribution >= 4 is 17.2 Å². The summed E-state index contributed by atoms with van der Waals surface area (Å²) in [4.78, 5) is 17.4. The Labute approximate surface area is 160 Å². The number of hydrogen-bond donors (Lipinski definition) is 1. The Morgan fingerprint density at radius 3 is 2.35 bits per heavy atom. The molecule has 1 aliphatic rings. The van der Waals surface area contributed by atoms with Crippen molar-refractivity contribution in [1.29, 1.82) is 0 Å². The minimum Gasteiger partial charge on any atom is -0.321 e. The van der Waals surface area contributed by atoms with E-state index >= 15 is 0 Å². The third kappa shape index (κ3) is 4.46. The van der Waals surface area contributed by atoms with Crippen molar-refractivity contribution in [2.24, 2.45) is 0 Å². The molecule has 1 fully saturated rings. The number of nitrogens with one attached hydrogen (secondary N) is 1. The Balaban J connectivity index is 1.97. The van der Waals surface area contributed by atoms with Crippen LogP contribution in [0.3, 0.4) is 0 Å². The minimum atomic E-state index is -0.248. The molecule has 0 spiro atoms. The van der Waals surface area contributed by atoms with E-state index in [1.165, 1.54) is 18.4 Å². The van der Waals surface area contributed by atoms with Crippen LogP contribution in [0.25, 0.3) is 5.57 Å². The monoisotopic (exact) mass is 370 g/mol. The minimum absolute atomic E-state index is 0.118. The second kappa shape index (κ2) is 7.81. The van der Waals surface area contributed by atoms with Crippen molar-refractivity contribution in [2.45, 2.75) is 39.0 Å². The molecule has 0 saturated carbocycles. The molecule has 3 nitrogen and oxygen atoms in total. The van der Waals surface area contributed by atoms with Crippen LogP contribution in [-0.4, -0.2) is 29.5 Å². The zero-order valence-electron chi connectivity index (χ0n) is 15.8. The smallest absolute Gasteiger partial charge is 0.267 e. The molecule has 2 heterocycles. The van der Waals surface area contributed by atoms with Gasteiger partial charge in [0, 0.05) is 17.8 Å². The summed E-state index contributed by atoms with van der Waals surface area (Å²) in [6.07, 6.45) is 4.75. The number of hydrogen-bond acceptors (Lipinski definition) is 2. The molecule has 1 saturated heterocycles. The van der Waals surface area contributed by atoms with E-state index in [-0.39, 0.29) is 16.0 Å². The lowest BCUT2D eigenvalue weighted by molar-refractivity contribution is 0.377. The SMILES string of the molecule is CC(C)(C)c1ccc(/C(=C\CN2CCCC2)c2ccc(Cl)c(=O)[nH]2)cc1. The Bertz CT molecular complexity index is 838. The van der Waals surface area contributed by atoms with Crippen molar-refractivity contribution in [3.05, 3.63) is 74.7 Å². The maximum atomic E-state index is 12.0. The molecule has 0 atom stereocenters. The van der Waals surface area contributed by atoms with E-state index in [0.717, 1.165) is 36.5 Å². The summed E-state index contributed by atoms with van der Waals surface area (Å²) in [5, 5.41) is 0.218. The molecule has 0 radical (unpaired) electrons. The second-order valence-corrected chi connectivity index (χ2v) is 8.41. The molecule has 138 valence electrons. The number of pyridine rings is 1. The van der Waals surface area contributed by atoms with E-state index in [0.29, 0.717) is 0 Å². The molecule has 0 aliphatic carbocycles. The number of nitrogens with zero attached hydrogens (tertiary/aromatic N) is 1. The van der Waals surface area contributed by atoms with Crippen molar-refractivity contribution in [3.63, 3.8) is 0 Å². The number of H-pyrrole nitrogens is 1. The molecule has 1 aromatic heterocycles. The van der Waals surface area contributed by atoms with Gasteiger partial charge in [0.15, 0.2) is 0 Å². The fourth-order valence-electron chi connectivity index (χ4n) is 3.33. The Hall–Kier alpha value is -1.84. The average Bonchev–Trinajstić information content (AvgIpc) is 3.11. The first kappa shape index (κ1) is 18.9. The number of likely N-dealkylation sites (tertiary alicyclic amines) is 1. The summed E-state index contributed by atoms with van der Waals surface area (Å²) in [6.45, 7) is 9.81. The largest absolute Gasteiger partial charge is 0.321 e. The molecule has 1 aromatic carbocycles. The zero-order valence-corrected chi connectivity index (χ0v) is 16.6. The van der Waals surface area contributed by atoms with Crippen LogP contribution < -0.4 is 5.56 Å². The van der Waals surface area contributed by atoms with Gasteiger partial charge in [0.2, 0.25) is 0 Å². The summed E-state index contributed by atoms with van der Waals surface area (Å²) < 4.78 is 0. The van der Waals surface area contributed by atoms with E-state index in [2.05, 4.69) is 61.0 Å². The molecule has 2 aromatic rings. The zero-order chi connectivity index (χ0) is 18.7. The Morgan fingerprint density at radius 1 is 1.12 bits per heavy atom. The molecule has 3 rings (SSSR count). The van der Waals surface area contributed by atoms with Crippen LogP contribution in [0.1, 0.15) is 50.4 Å². The average molecular weight is 371 g/mol. The van der Waals surface area contributed by atoms with Crippen LogP contribution in [-0.2, 0) is 5.41 Å². The normalized spacial score (nSPS) is 16.2. The van der Waals surface area contributed by atoms with Crippen LogP contribution in [0.4, 0.5) is 0 Å². The molecule has 1 N–H and O–H groups in total. The highest BCUT2D eigenvalue weighted by molar-refractivity contribution is 6.30. The molecule has 1 aliphatic heterocycles. The van der Waals surface area contributed by atoms with E-state index in [4.69, 9.17) is 11.6 Å². The summed E-state index contributed by atoms with van der Waals surface area (Å²) in [5.41, 5.74) is 4.13. The number of aromatic nitrogens is 1. The van der Waals surface area contributed by atoms with Gasteiger partial charge < -0.3 is 4.98 Å². The first-order chi connectivity index (χ1) is 12.3. The molecule has 0 amide bonds. The van der Waals surface area contributed by atoms with Gasteiger partial charge >= 0.3 is 0 Å². The van der Waals surface area contributed by atoms with Gasteiger partial charge in [0.05, 0.1) is 0 Å². The molecule has 26 heavy (non-hydrogen) atoms. The van der Waals surface area contributed by atoms with Gasteiger partial charge in [-0.1, -0.05) is 62.7 Å². The Morgan fingerprint density at radius 2 is 1.77 bits per heavy atom. The highest BCUT2D eigenvalue weighted by Crippen LogP contribution is 2.27. The third-order valence-electron chi connectivity index (χ3n) is 4.97. The Kier molecular flexibility index (Phi) is 5.69. The van der Waals surface area contributed by atoms with Crippen LogP contribution >= 0.6 is 11.6 Å². The van der Waals surface area contributed by atoms with Gasteiger partial charge in [-0.25, -0.2) is 0 Å². The second-order valence-electron chi connectivity index (χ2n) is 8.00. The van der Waals surface area contributed by atoms with E-state index < -0.39 is 0 Å². The lowest BCUT2D eigenvalue weighted by Gasteiger charge is -2.20. The van der Waals surface area contributed by atoms with Crippen LogP contribution in [0, 0.1) is 0 Å². The highest BCUT2D eigenvalue weighted by atomic mass is 35.5. The van der Waals surface area contributed by atoms with Crippen LogP contribution in [0.15, 0.2) is 47.3 Å². The topological polar surface area (TPSA) is 36.1 Å². The van der Waals surface area contributed by atoms with Gasteiger partial charge in [-0.05, 0) is 54.6 Å². The predicted molar refractivity (Wildman–Crippen MR) is 110 cm³/mol. The maximum absolute atomic E-state index is 12.0. The predicted octanol–water partition coefficient (Wildman–Crippen LogP) is 4.85. The fourth-order valence-corrected chi connectivity index (χ4v) is 3.44. The van der Waals surface area contributed by atoms with Crippen molar-refractivity contribution in [1.82, 2.24) is 9.88 Å². The van der Waals surface area contributed by atoms with Gasteiger partial charge in [-0.3, -0.25) is 9.69 Å². The van der Waals surface area contributed by atoms with Crippen molar-refractivity contribution in [2.75, 3.05) is 19.6 Å². The maximum Gasteiger partial charge on any atom is 0.267 e. The number of rotatable bonds is 4. The molecular weight excluding hydrogens is 344 g/mol. The summed E-state index contributed by atoms with van der Waals surface area (Å²) >= 11 is 5.91. The molecule has 0 unspecified atom stereocenters. The van der Waals surface area contributed by atoms with Gasteiger partial charge in [0.25, 0.3) is 5.56 Å². The highest BCUT2D eigenvalue weighted by Gasteiger charge is 2.15. The van der Waals surface area contributed by atoms with Gasteiger partial charge in [-0.2, -0.15) is 0 Å². The lowest BCUT2D eigenvalue weighted by Crippen LogP contribution is -2.19. The fraction of sp³-hybridized carbons (Fsp3) is 0.409. The lowest BCUT2D eigenvalue weighted by atomic mass is 9.86. The number of aromatic amines is 1. The summed E-state index contributed by atoms with van der Waals surface area (Å²) in [6, 6.07) is 12.2. The van der Waals surface area contributed by atoms with Gasteiger partial charge in [0.1, 0.15) is 5.02 Å². The van der Waals surface area contributed by atoms with E-state index in [1.54, 1.807) is 6.07 Å². The van der Waals surface area contributed by atoms with Crippen molar-refractivity contribution < 1.29 is 0 Å². The van der Waals surface area contributed by atoms with Crippen LogP contribution in [0.5, 0.6) is 0 Å². The third-order valence-corrected chi connectivity index (χ3v) is 5.26. The van der Waals surface area contributed by atoms with Gasteiger partial charge in [-0.15, -0.1) is 0 Å². The first-order valence-electron chi connectivity index (χ1n) is 9.27. The molecular formula is C22H27ClN2O. The summed E-state index contributed by atoms with van der Waals surface area (Å²) in [5.74, 6) is 0. The van der Waals surface area contributed by atoms with Crippen molar-refractivity contribution in [3.8, 4) is 0 Å². The number of benzene rings is 1. The van der Waals surface area contributed by atoms with Crippen LogP contribution in [0.2, 0.25) is 5.02 Å².